The third-order valence-electron chi connectivity index (χ3n) is 9.49. The van der Waals surface area contributed by atoms with E-state index in [1.54, 1.807) is 40.0 Å². The lowest BCUT2D eigenvalue weighted by atomic mass is 9.61. The summed E-state index contributed by atoms with van der Waals surface area (Å²) in [5, 5.41) is 16.2. The van der Waals surface area contributed by atoms with Crippen molar-refractivity contribution in [2.24, 2.45) is 23.0 Å². The van der Waals surface area contributed by atoms with Gasteiger partial charge in [-0.25, -0.2) is 0 Å². The molecule has 3 unspecified atom stereocenters. The molecule has 42 heavy (non-hydrogen) atoms. The van der Waals surface area contributed by atoms with Crippen LogP contribution in [0.15, 0.2) is 35.9 Å². The van der Waals surface area contributed by atoms with E-state index >= 15 is 0 Å². The summed E-state index contributed by atoms with van der Waals surface area (Å²) in [6, 6.07) is 5.42. The number of nitrogens with two attached hydrogens (primary N) is 1. The van der Waals surface area contributed by atoms with Crippen molar-refractivity contribution in [3.63, 3.8) is 0 Å². The largest absolute Gasteiger partial charge is 0.497 e. The molecule has 0 radical (unpaired) electrons. The van der Waals surface area contributed by atoms with Crippen LogP contribution in [0, 0.1) is 17.3 Å². The zero-order valence-corrected chi connectivity index (χ0v) is 25.1. The minimum absolute atomic E-state index is 0.173. The van der Waals surface area contributed by atoms with E-state index < -0.39 is 58.8 Å². The van der Waals surface area contributed by atoms with Crippen molar-refractivity contribution in [2.45, 2.75) is 95.9 Å². The molecule has 230 valence electrons. The average Bonchev–Trinajstić information content (AvgIpc) is 3.51. The number of Topliss-reactive ketones (excluding diaryl/α,β-unsaturated/α-hetero) is 1. The number of aliphatic hydroxyl groups is 1. The molecule has 1 aromatic carbocycles. The highest BCUT2D eigenvalue weighted by atomic mass is 16.6. The van der Waals surface area contributed by atoms with Crippen molar-refractivity contribution >= 4 is 23.5 Å². The summed E-state index contributed by atoms with van der Waals surface area (Å²) in [6.07, 6.45) is 5.97. The number of primary amides is 1. The Bertz CT molecular complexity index is 1210. The SMILES string of the molecule is COc1ccc(C[C@H](NC(=O)[C@H](C)C2CC(O)CCC2(C)C(N)=O)C(=O)N[C@@H](CC2=CCCC2)C(=O)[C@@]2(C)CO2)cc1. The highest BCUT2D eigenvalue weighted by Crippen LogP contribution is 2.45. The van der Waals surface area contributed by atoms with E-state index in [0.29, 0.717) is 31.6 Å². The molecule has 2 fully saturated rings. The number of methoxy groups -OCH3 is 1. The number of carbonyl (C=O) groups excluding carboxylic acids is 4. The first-order valence-electron chi connectivity index (χ1n) is 14.9. The molecule has 7 atom stereocenters. The highest BCUT2D eigenvalue weighted by molar-refractivity contribution is 5.98. The molecular formula is C32H45N3O7. The minimum Gasteiger partial charge on any atom is -0.497 e. The summed E-state index contributed by atoms with van der Waals surface area (Å²) >= 11 is 0. The second-order valence-electron chi connectivity index (χ2n) is 12.6. The molecule has 5 N–H and O–H groups in total. The molecule has 1 aliphatic heterocycles. The van der Waals surface area contributed by atoms with Crippen molar-refractivity contribution < 1.29 is 33.8 Å². The van der Waals surface area contributed by atoms with E-state index in [1.165, 1.54) is 0 Å². The first kappa shape index (κ1) is 31.7. The van der Waals surface area contributed by atoms with Crippen LogP contribution in [0.1, 0.15) is 71.3 Å². The van der Waals surface area contributed by atoms with E-state index in [9.17, 15) is 24.3 Å². The number of ether oxygens (including phenoxy) is 2. The molecule has 3 amide bonds. The summed E-state index contributed by atoms with van der Waals surface area (Å²) in [5.74, 6) is -2.14. The topological polar surface area (TPSA) is 160 Å². The second-order valence-corrected chi connectivity index (χ2v) is 12.6. The average molecular weight is 584 g/mol. The molecule has 1 saturated heterocycles. The molecule has 0 spiro atoms. The maximum atomic E-state index is 13.9. The van der Waals surface area contributed by atoms with E-state index in [1.807, 2.05) is 12.1 Å². The molecular weight excluding hydrogens is 538 g/mol. The maximum absolute atomic E-state index is 13.9. The number of hydrogen-bond donors (Lipinski definition) is 4. The monoisotopic (exact) mass is 583 g/mol. The van der Waals surface area contributed by atoms with Crippen LogP contribution >= 0.6 is 0 Å². The Balaban J connectivity index is 1.56. The van der Waals surface area contributed by atoms with Crippen LogP contribution in [0.3, 0.4) is 0 Å². The predicted octanol–water partition coefficient (Wildman–Crippen LogP) is 2.35. The van der Waals surface area contributed by atoms with E-state index in [0.717, 1.165) is 30.4 Å². The van der Waals surface area contributed by atoms with Crippen molar-refractivity contribution in [1.29, 1.82) is 0 Å². The normalized spacial score (nSPS) is 29.0. The standard InChI is InChI=1S/C32H45N3O7/c1-19(24-17-22(36)13-14-31(24,2)30(33)40)28(38)35-26(16-21-9-11-23(41-4)12-10-21)29(39)34-25(15-20-7-5-6-8-20)27(37)32(3)18-42-32/h7,9-12,19,22,24-26,36H,5-6,8,13-18H2,1-4H3,(H2,33,40)(H,34,39)(H,35,38)/t19-,22?,24?,25+,26+,31?,32-/m1/s1. The fourth-order valence-electron chi connectivity index (χ4n) is 6.36. The number of benzene rings is 1. The van der Waals surface area contributed by atoms with Gasteiger partial charge in [0.25, 0.3) is 0 Å². The number of aliphatic hydroxyl groups excluding tert-OH is 1. The Kier molecular flexibility index (Phi) is 9.77. The fraction of sp³-hybridized carbons (Fsp3) is 0.625. The fourth-order valence-corrected chi connectivity index (χ4v) is 6.36. The molecule has 4 rings (SSSR count). The van der Waals surface area contributed by atoms with Gasteiger partial charge >= 0.3 is 0 Å². The summed E-state index contributed by atoms with van der Waals surface area (Å²) in [4.78, 5) is 53.4. The number of amides is 3. The predicted molar refractivity (Wildman–Crippen MR) is 156 cm³/mol. The molecule has 2 aliphatic carbocycles. The highest BCUT2D eigenvalue weighted by Gasteiger charge is 2.51. The lowest BCUT2D eigenvalue weighted by Gasteiger charge is -2.43. The number of allylic oxidation sites excluding steroid dienone is 1. The van der Waals surface area contributed by atoms with Gasteiger partial charge in [0.2, 0.25) is 17.7 Å². The van der Waals surface area contributed by atoms with Gasteiger partial charge in [-0.05, 0) is 75.5 Å². The lowest BCUT2D eigenvalue weighted by Crippen LogP contribution is -2.56. The Morgan fingerprint density at radius 3 is 2.33 bits per heavy atom. The van der Waals surface area contributed by atoms with E-state index in [2.05, 4.69) is 16.7 Å². The molecule has 10 nitrogen and oxygen atoms in total. The zero-order chi connectivity index (χ0) is 30.7. The quantitative estimate of drug-likeness (QED) is 0.205. The van der Waals surface area contributed by atoms with Gasteiger partial charge < -0.3 is 30.9 Å². The van der Waals surface area contributed by atoms with Crippen LogP contribution in [0.2, 0.25) is 0 Å². The summed E-state index contributed by atoms with van der Waals surface area (Å²) in [7, 11) is 1.57. The van der Waals surface area contributed by atoms with Gasteiger partial charge in [0, 0.05) is 17.8 Å². The summed E-state index contributed by atoms with van der Waals surface area (Å²) in [6.45, 7) is 5.48. The van der Waals surface area contributed by atoms with E-state index in [-0.39, 0.29) is 18.6 Å². The smallest absolute Gasteiger partial charge is 0.243 e. The molecule has 0 bridgehead atoms. The zero-order valence-electron chi connectivity index (χ0n) is 25.1. The van der Waals surface area contributed by atoms with Gasteiger partial charge in [-0.2, -0.15) is 0 Å². The molecule has 10 heteroatoms. The minimum atomic E-state index is -0.998. The first-order valence-corrected chi connectivity index (χ1v) is 14.9. The van der Waals surface area contributed by atoms with Gasteiger partial charge in [0.15, 0.2) is 5.78 Å². The van der Waals surface area contributed by atoms with Crippen molar-refractivity contribution in [3.05, 3.63) is 41.5 Å². The van der Waals surface area contributed by atoms with Gasteiger partial charge in [0.05, 0.1) is 25.9 Å². The van der Waals surface area contributed by atoms with Gasteiger partial charge in [-0.3, -0.25) is 19.2 Å². The third-order valence-corrected chi connectivity index (χ3v) is 9.49. The number of hydrogen-bond acceptors (Lipinski definition) is 7. The van der Waals surface area contributed by atoms with Crippen molar-refractivity contribution in [1.82, 2.24) is 10.6 Å². The molecule has 1 aromatic rings. The molecule has 3 aliphatic rings. The number of nitrogens with one attached hydrogen (secondary N) is 2. The number of epoxide rings is 1. The Labute approximate surface area is 247 Å². The summed E-state index contributed by atoms with van der Waals surface area (Å²) < 4.78 is 10.7. The molecule has 0 aromatic heterocycles. The Morgan fingerprint density at radius 2 is 1.76 bits per heavy atom. The maximum Gasteiger partial charge on any atom is 0.243 e. The summed E-state index contributed by atoms with van der Waals surface area (Å²) in [5.41, 5.74) is 5.81. The van der Waals surface area contributed by atoms with Gasteiger partial charge in [0.1, 0.15) is 17.4 Å². The Hall–Kier alpha value is -3.24. The number of ketones is 1. The van der Waals surface area contributed by atoms with Crippen LogP contribution < -0.4 is 21.1 Å². The van der Waals surface area contributed by atoms with Crippen molar-refractivity contribution in [3.8, 4) is 5.75 Å². The van der Waals surface area contributed by atoms with Crippen LogP contribution in [0.25, 0.3) is 0 Å². The second kappa shape index (κ2) is 13.0. The number of rotatable bonds is 13. The van der Waals surface area contributed by atoms with Crippen molar-refractivity contribution in [2.75, 3.05) is 13.7 Å². The van der Waals surface area contributed by atoms with Crippen LogP contribution in [0.5, 0.6) is 5.75 Å². The van der Waals surface area contributed by atoms with Gasteiger partial charge in [-0.1, -0.05) is 37.6 Å². The first-order chi connectivity index (χ1) is 19.9. The number of carbonyl (C=O) groups is 4. The lowest BCUT2D eigenvalue weighted by molar-refractivity contribution is -0.142. The third kappa shape index (κ3) is 7.21. The van der Waals surface area contributed by atoms with Crippen LogP contribution in [0.4, 0.5) is 0 Å². The van der Waals surface area contributed by atoms with Gasteiger partial charge in [-0.15, -0.1) is 0 Å². The Morgan fingerprint density at radius 1 is 1.10 bits per heavy atom. The van der Waals surface area contributed by atoms with Crippen LogP contribution in [-0.2, 0) is 30.3 Å². The van der Waals surface area contributed by atoms with Crippen LogP contribution in [-0.4, -0.2) is 66.1 Å². The molecule has 1 heterocycles. The van der Waals surface area contributed by atoms with E-state index in [4.69, 9.17) is 15.2 Å². The molecule has 1 saturated carbocycles.